The highest BCUT2D eigenvalue weighted by Gasteiger charge is 2.46. The number of morpholine rings is 1. The van der Waals surface area contributed by atoms with E-state index in [4.69, 9.17) is 14.5 Å². The van der Waals surface area contributed by atoms with Crippen LogP contribution in [0.25, 0.3) is 11.3 Å². The molecule has 0 radical (unpaired) electrons. The number of carbonyl (C=O) groups is 1. The first kappa shape index (κ1) is 27.7. The first-order chi connectivity index (χ1) is 19.9. The molecule has 4 atom stereocenters. The zero-order valence-corrected chi connectivity index (χ0v) is 24.4. The van der Waals surface area contributed by atoms with Crippen molar-refractivity contribution in [1.29, 1.82) is 5.26 Å². The van der Waals surface area contributed by atoms with Crippen LogP contribution in [0.4, 0.5) is 5.13 Å². The Morgan fingerprint density at radius 3 is 2.73 bits per heavy atom. The van der Waals surface area contributed by atoms with E-state index in [-0.39, 0.29) is 30.5 Å². The Morgan fingerprint density at radius 2 is 2.00 bits per heavy atom. The van der Waals surface area contributed by atoms with Crippen LogP contribution in [0.5, 0.6) is 5.75 Å². The van der Waals surface area contributed by atoms with Crippen molar-refractivity contribution in [3.05, 3.63) is 64.0 Å². The Balaban J connectivity index is 1.16. The largest absolute Gasteiger partial charge is 0.488 e. The quantitative estimate of drug-likeness (QED) is 0.386. The second kappa shape index (κ2) is 11.8. The summed E-state index contributed by atoms with van der Waals surface area (Å²) in [5.74, 6) is 0.231. The van der Waals surface area contributed by atoms with Crippen LogP contribution in [-0.2, 0) is 22.7 Å². The van der Waals surface area contributed by atoms with Crippen LogP contribution in [0, 0.1) is 36.0 Å². The lowest BCUT2D eigenvalue weighted by molar-refractivity contribution is -0.144. The highest BCUT2D eigenvalue weighted by atomic mass is 32.1. The van der Waals surface area contributed by atoms with Gasteiger partial charge in [-0.25, -0.2) is 4.98 Å². The number of hydrogen-bond donors (Lipinski definition) is 1. The van der Waals surface area contributed by atoms with E-state index >= 15 is 0 Å². The van der Waals surface area contributed by atoms with Gasteiger partial charge in [0.25, 0.3) is 0 Å². The molecule has 3 aromatic rings. The summed E-state index contributed by atoms with van der Waals surface area (Å²) in [5.41, 5.74) is 5.49. The average Bonchev–Trinajstić information content (AvgIpc) is 3.55. The second-order valence-corrected chi connectivity index (χ2v) is 12.5. The van der Waals surface area contributed by atoms with Gasteiger partial charge < -0.3 is 19.5 Å². The van der Waals surface area contributed by atoms with Crippen molar-refractivity contribution in [3.8, 4) is 23.1 Å². The maximum absolute atomic E-state index is 11.8. The number of anilines is 1. The molecule has 3 fully saturated rings. The summed E-state index contributed by atoms with van der Waals surface area (Å²) in [5, 5.41) is 22.6. The molecule has 1 N–H and O–H groups in total. The molecular formula is C32H36N4O4S. The summed E-state index contributed by atoms with van der Waals surface area (Å²) in [6.07, 6.45) is 2.18. The fourth-order valence-corrected chi connectivity index (χ4v) is 7.53. The lowest BCUT2D eigenvalue weighted by atomic mass is 9.85. The van der Waals surface area contributed by atoms with Crippen molar-refractivity contribution in [3.63, 3.8) is 0 Å². The summed E-state index contributed by atoms with van der Waals surface area (Å²) >= 11 is 1.60. The van der Waals surface area contributed by atoms with Gasteiger partial charge in [-0.05, 0) is 62.3 Å². The van der Waals surface area contributed by atoms with Crippen LogP contribution in [0.15, 0.2) is 41.8 Å². The molecule has 3 aliphatic rings. The van der Waals surface area contributed by atoms with E-state index in [9.17, 15) is 15.2 Å². The Hall–Kier alpha value is -3.45. The third-order valence-corrected chi connectivity index (χ3v) is 9.60. The lowest BCUT2D eigenvalue weighted by Gasteiger charge is -2.35. The molecule has 2 aromatic carbocycles. The molecule has 1 saturated carbocycles. The zero-order chi connectivity index (χ0) is 28.5. The van der Waals surface area contributed by atoms with Gasteiger partial charge in [-0.2, -0.15) is 5.26 Å². The summed E-state index contributed by atoms with van der Waals surface area (Å²) in [6, 6.07) is 14.5. The minimum Gasteiger partial charge on any atom is -0.488 e. The van der Waals surface area contributed by atoms with Crippen LogP contribution in [-0.4, -0.2) is 59.8 Å². The minimum absolute atomic E-state index is 0.189. The number of aliphatic carboxylic acids is 1. The van der Waals surface area contributed by atoms with Crippen molar-refractivity contribution in [2.75, 3.05) is 37.7 Å². The predicted octanol–water partition coefficient (Wildman–Crippen LogP) is 5.34. The molecule has 9 heteroatoms. The summed E-state index contributed by atoms with van der Waals surface area (Å²) in [7, 11) is 0. The van der Waals surface area contributed by atoms with Crippen molar-refractivity contribution in [1.82, 2.24) is 9.88 Å². The molecular weight excluding hydrogens is 536 g/mol. The van der Waals surface area contributed by atoms with Crippen molar-refractivity contribution in [2.45, 2.75) is 45.9 Å². The molecule has 0 amide bonds. The van der Waals surface area contributed by atoms with E-state index < -0.39 is 5.97 Å². The van der Waals surface area contributed by atoms with Gasteiger partial charge in [-0.15, -0.1) is 11.3 Å². The Bertz CT molecular complexity index is 1450. The number of benzene rings is 2. The fraction of sp³-hybridized carbons (Fsp3) is 0.469. The second-order valence-electron chi connectivity index (χ2n) is 11.7. The smallest absolute Gasteiger partial charge is 0.307 e. The van der Waals surface area contributed by atoms with Gasteiger partial charge in [0.2, 0.25) is 0 Å². The van der Waals surface area contributed by atoms with E-state index in [1.807, 2.05) is 24.3 Å². The average molecular weight is 573 g/mol. The number of hydrogen-bond acceptors (Lipinski definition) is 8. The SMILES string of the molecule is Cc1ccc(OCc2ccc(CN3CCO[C@H](C)C3)cc2C#N)c(-c2csc(N3C[C@H]4CC[C@@H](C3)C4C(=O)O)n2)c1. The van der Waals surface area contributed by atoms with Crippen LogP contribution >= 0.6 is 11.3 Å². The molecule has 2 aliphatic heterocycles. The van der Waals surface area contributed by atoms with Crippen LogP contribution in [0.3, 0.4) is 0 Å². The van der Waals surface area contributed by atoms with E-state index in [1.54, 1.807) is 11.3 Å². The summed E-state index contributed by atoms with van der Waals surface area (Å²) < 4.78 is 12.0. The third kappa shape index (κ3) is 5.96. The number of carboxylic acids is 1. The highest BCUT2D eigenvalue weighted by molar-refractivity contribution is 7.14. The molecule has 0 spiro atoms. The number of aryl methyl sites for hydroxylation is 1. The number of nitrogens with zero attached hydrogens (tertiary/aromatic N) is 4. The number of ether oxygens (including phenoxy) is 2. The van der Waals surface area contributed by atoms with E-state index in [0.29, 0.717) is 5.56 Å². The van der Waals surface area contributed by atoms with Gasteiger partial charge >= 0.3 is 5.97 Å². The number of aromatic nitrogens is 1. The molecule has 2 bridgehead atoms. The van der Waals surface area contributed by atoms with Crippen LogP contribution in [0.1, 0.15) is 42.0 Å². The van der Waals surface area contributed by atoms with Crippen molar-refractivity contribution in [2.24, 2.45) is 17.8 Å². The highest BCUT2D eigenvalue weighted by Crippen LogP contribution is 2.44. The van der Waals surface area contributed by atoms with Gasteiger partial charge in [0.1, 0.15) is 12.4 Å². The number of carboxylic acid groups (broad SMARTS) is 1. The number of piperidine rings is 1. The molecule has 1 unspecified atom stereocenters. The molecule has 2 saturated heterocycles. The van der Waals surface area contributed by atoms with Gasteiger partial charge in [0.05, 0.1) is 36.0 Å². The molecule has 214 valence electrons. The lowest BCUT2D eigenvalue weighted by Crippen LogP contribution is -2.44. The van der Waals surface area contributed by atoms with Gasteiger partial charge in [-0.1, -0.05) is 23.8 Å². The maximum atomic E-state index is 11.8. The molecule has 3 heterocycles. The van der Waals surface area contributed by atoms with Crippen LogP contribution < -0.4 is 9.64 Å². The zero-order valence-electron chi connectivity index (χ0n) is 23.6. The Labute approximate surface area is 245 Å². The number of fused-ring (bicyclic) bond motifs is 2. The molecule has 41 heavy (non-hydrogen) atoms. The van der Waals surface area contributed by atoms with E-state index in [2.05, 4.69) is 47.2 Å². The van der Waals surface area contributed by atoms with Crippen molar-refractivity contribution >= 4 is 22.4 Å². The molecule has 8 nitrogen and oxygen atoms in total. The summed E-state index contributed by atoms with van der Waals surface area (Å²) in [6.45, 7) is 9.25. The molecule has 1 aliphatic carbocycles. The van der Waals surface area contributed by atoms with Crippen LogP contribution in [0.2, 0.25) is 0 Å². The minimum atomic E-state index is -0.653. The van der Waals surface area contributed by atoms with Gasteiger partial charge in [-0.3, -0.25) is 9.69 Å². The monoisotopic (exact) mass is 572 g/mol. The predicted molar refractivity (Wildman–Crippen MR) is 158 cm³/mol. The first-order valence-electron chi connectivity index (χ1n) is 14.4. The standard InChI is InChI=1S/C32H36N4O4S/c1-20-3-8-29(40-18-25-5-4-22(12-26(25)13-33)15-35-9-10-39-21(2)14-35)27(11-20)28-19-41-32(34-28)36-16-23-6-7-24(17-36)30(23)31(37)38/h3-5,8,11-12,19,21,23-24,30H,6-7,9-10,14-18H2,1-2H3,(H,37,38)/t21-,23-,24+,30?/m1/s1. The molecule has 1 aromatic heterocycles. The fourth-order valence-electron chi connectivity index (χ4n) is 6.68. The first-order valence-corrected chi connectivity index (χ1v) is 15.3. The molecule has 6 rings (SSSR count). The normalized spacial score (nSPS) is 24.3. The maximum Gasteiger partial charge on any atom is 0.307 e. The number of rotatable bonds is 8. The van der Waals surface area contributed by atoms with Gasteiger partial charge in [0, 0.05) is 49.2 Å². The number of thiazole rings is 1. The topological polar surface area (TPSA) is 98.9 Å². The Morgan fingerprint density at radius 1 is 1.20 bits per heavy atom. The van der Waals surface area contributed by atoms with E-state index in [1.165, 1.54) is 0 Å². The van der Waals surface area contributed by atoms with Crippen molar-refractivity contribution < 1.29 is 19.4 Å². The summed E-state index contributed by atoms with van der Waals surface area (Å²) in [4.78, 5) is 21.4. The van der Waals surface area contributed by atoms with Gasteiger partial charge in [0.15, 0.2) is 5.13 Å². The number of nitriles is 1. The Kier molecular flexibility index (Phi) is 7.98. The third-order valence-electron chi connectivity index (χ3n) is 8.70. The van der Waals surface area contributed by atoms with E-state index in [0.717, 1.165) is 91.0 Å².